The summed E-state index contributed by atoms with van der Waals surface area (Å²) in [5.41, 5.74) is -0.00754. The molecular formula is C16H19F3N4OS. The van der Waals surface area contributed by atoms with Crippen LogP contribution in [0.3, 0.4) is 0 Å². The van der Waals surface area contributed by atoms with Gasteiger partial charge in [-0.1, -0.05) is 6.07 Å². The largest absolute Gasteiger partial charge is 0.416 e. The number of nitrogens with zero attached hydrogens (tertiary/aromatic N) is 4. The van der Waals surface area contributed by atoms with E-state index < -0.39 is 11.7 Å². The predicted molar refractivity (Wildman–Crippen MR) is 91.4 cm³/mol. The summed E-state index contributed by atoms with van der Waals surface area (Å²) in [6, 6.07) is 5.49. The number of alkyl halides is 3. The van der Waals surface area contributed by atoms with E-state index in [9.17, 15) is 13.2 Å². The number of aromatic nitrogens is 2. The lowest BCUT2D eigenvalue weighted by Gasteiger charge is -2.36. The molecule has 1 fully saturated rings. The molecule has 0 bridgehead atoms. The molecule has 1 aliphatic heterocycles. The van der Waals surface area contributed by atoms with E-state index in [0.717, 1.165) is 17.0 Å². The molecule has 0 saturated carbocycles. The van der Waals surface area contributed by atoms with Crippen LogP contribution in [0.2, 0.25) is 0 Å². The Morgan fingerprint density at radius 1 is 1.16 bits per heavy atom. The molecule has 0 N–H and O–H groups in total. The van der Waals surface area contributed by atoms with Gasteiger partial charge in [0.25, 0.3) is 0 Å². The summed E-state index contributed by atoms with van der Waals surface area (Å²) in [6.45, 7) is 3.28. The highest BCUT2D eigenvalue weighted by Crippen LogP contribution is 2.32. The maximum Gasteiger partial charge on any atom is 0.416 e. The highest BCUT2D eigenvalue weighted by atomic mass is 32.1. The van der Waals surface area contributed by atoms with Gasteiger partial charge >= 0.3 is 6.18 Å². The first kappa shape index (κ1) is 17.9. The molecule has 0 spiro atoms. The van der Waals surface area contributed by atoms with Crippen LogP contribution >= 0.6 is 11.5 Å². The lowest BCUT2D eigenvalue weighted by Crippen LogP contribution is -2.46. The topological polar surface area (TPSA) is 41.5 Å². The van der Waals surface area contributed by atoms with Crippen LogP contribution < -0.4 is 9.80 Å². The quantitative estimate of drug-likeness (QED) is 0.807. The van der Waals surface area contributed by atoms with Crippen LogP contribution in [0.15, 0.2) is 24.3 Å². The van der Waals surface area contributed by atoms with Crippen LogP contribution in [0.5, 0.6) is 0 Å². The first-order valence-electron chi connectivity index (χ1n) is 7.96. The first-order valence-corrected chi connectivity index (χ1v) is 8.73. The Bertz CT molecular complexity index is 699. The fourth-order valence-electron chi connectivity index (χ4n) is 2.70. The van der Waals surface area contributed by atoms with Crippen LogP contribution in [0.1, 0.15) is 11.4 Å². The van der Waals surface area contributed by atoms with Gasteiger partial charge in [-0.2, -0.15) is 17.5 Å². The van der Waals surface area contributed by atoms with Crippen molar-refractivity contribution >= 4 is 22.4 Å². The van der Waals surface area contributed by atoms with Crippen molar-refractivity contribution in [2.75, 3.05) is 49.7 Å². The number of hydrogen-bond donors (Lipinski definition) is 0. The second kappa shape index (κ2) is 7.57. The molecule has 0 unspecified atom stereocenters. The Morgan fingerprint density at radius 3 is 2.56 bits per heavy atom. The molecule has 3 rings (SSSR count). The monoisotopic (exact) mass is 372 g/mol. The number of ether oxygens (including phenoxy) is 1. The standard InChI is InChI=1S/C16H19F3N4OS/c1-24-10-5-14-20-15(25-21-14)23-8-6-22(7-9-23)13-4-2-3-12(11-13)16(17,18)19/h2-4,11H,5-10H2,1H3. The molecule has 1 aromatic carbocycles. The Labute approximate surface area is 148 Å². The molecule has 5 nitrogen and oxygen atoms in total. The van der Waals surface area contributed by atoms with E-state index in [1.54, 1.807) is 13.2 Å². The van der Waals surface area contributed by atoms with Crippen LogP contribution in [-0.4, -0.2) is 49.3 Å². The molecule has 136 valence electrons. The van der Waals surface area contributed by atoms with Gasteiger partial charge in [-0.15, -0.1) is 0 Å². The van der Waals surface area contributed by atoms with E-state index in [-0.39, 0.29) is 0 Å². The van der Waals surface area contributed by atoms with Gasteiger partial charge in [0.15, 0.2) is 0 Å². The van der Waals surface area contributed by atoms with E-state index in [1.165, 1.54) is 23.7 Å². The number of halogens is 3. The molecule has 1 saturated heterocycles. The molecule has 1 aliphatic rings. The lowest BCUT2D eigenvalue weighted by atomic mass is 10.1. The van der Waals surface area contributed by atoms with Crippen molar-refractivity contribution in [3.8, 4) is 0 Å². The van der Waals surface area contributed by atoms with Gasteiger partial charge in [-0.05, 0) is 18.2 Å². The Hall–Kier alpha value is -1.87. The Kier molecular flexibility index (Phi) is 5.43. The van der Waals surface area contributed by atoms with Gasteiger partial charge in [0.2, 0.25) is 5.13 Å². The highest BCUT2D eigenvalue weighted by molar-refractivity contribution is 7.09. The second-order valence-electron chi connectivity index (χ2n) is 5.76. The molecule has 0 amide bonds. The summed E-state index contributed by atoms with van der Waals surface area (Å²) in [7, 11) is 1.64. The molecule has 0 radical (unpaired) electrons. The van der Waals surface area contributed by atoms with E-state index >= 15 is 0 Å². The summed E-state index contributed by atoms with van der Waals surface area (Å²) in [5.74, 6) is 0.766. The molecular weight excluding hydrogens is 353 g/mol. The predicted octanol–water partition coefficient (Wildman–Crippen LogP) is 3.07. The van der Waals surface area contributed by atoms with Gasteiger partial charge in [-0.25, -0.2) is 4.98 Å². The van der Waals surface area contributed by atoms with E-state index in [4.69, 9.17) is 4.74 Å². The van der Waals surface area contributed by atoms with Crippen LogP contribution in [0.4, 0.5) is 24.0 Å². The zero-order chi connectivity index (χ0) is 17.9. The first-order chi connectivity index (χ1) is 12.0. The van der Waals surface area contributed by atoms with Crippen LogP contribution in [0, 0.1) is 0 Å². The number of benzene rings is 1. The Balaban J connectivity index is 1.61. The van der Waals surface area contributed by atoms with Gasteiger partial charge in [0.1, 0.15) is 5.82 Å². The fraction of sp³-hybridized carbons (Fsp3) is 0.500. The lowest BCUT2D eigenvalue weighted by molar-refractivity contribution is -0.137. The number of piperazine rings is 1. The molecule has 0 atom stereocenters. The van der Waals surface area contributed by atoms with Gasteiger partial charge in [-0.3, -0.25) is 0 Å². The number of rotatable bonds is 5. The van der Waals surface area contributed by atoms with Crippen molar-refractivity contribution in [1.82, 2.24) is 9.36 Å². The fourth-order valence-corrected chi connectivity index (χ4v) is 3.47. The summed E-state index contributed by atoms with van der Waals surface area (Å²) in [5, 5.41) is 0.856. The molecule has 2 aromatic rings. The third-order valence-corrected chi connectivity index (χ3v) is 4.89. The molecule has 1 aromatic heterocycles. The third-order valence-electron chi connectivity index (χ3n) is 4.08. The van der Waals surface area contributed by atoms with Crippen LogP contribution in [-0.2, 0) is 17.3 Å². The summed E-state index contributed by atoms with van der Waals surface area (Å²) in [6.07, 6.45) is -3.64. The molecule has 9 heteroatoms. The van der Waals surface area contributed by atoms with Crippen molar-refractivity contribution in [2.45, 2.75) is 12.6 Å². The van der Waals surface area contributed by atoms with Crippen molar-refractivity contribution in [3.05, 3.63) is 35.7 Å². The van der Waals surface area contributed by atoms with Crippen molar-refractivity contribution in [3.63, 3.8) is 0 Å². The third kappa shape index (κ3) is 4.40. The molecule has 0 aliphatic carbocycles. The van der Waals surface area contributed by atoms with Crippen molar-refractivity contribution in [2.24, 2.45) is 0 Å². The van der Waals surface area contributed by atoms with E-state index in [2.05, 4.69) is 14.3 Å². The summed E-state index contributed by atoms with van der Waals surface area (Å²) >= 11 is 1.35. The SMILES string of the molecule is COCCc1nsc(N2CCN(c3cccc(C(F)(F)F)c3)CC2)n1. The zero-order valence-corrected chi connectivity index (χ0v) is 14.6. The average Bonchev–Trinajstić information content (AvgIpc) is 3.08. The van der Waals surface area contributed by atoms with Gasteiger partial charge in [0, 0.05) is 56.9 Å². The maximum atomic E-state index is 12.9. The maximum absolute atomic E-state index is 12.9. The molecule has 2 heterocycles. The van der Waals surface area contributed by atoms with E-state index in [0.29, 0.717) is 44.9 Å². The summed E-state index contributed by atoms with van der Waals surface area (Å²) < 4.78 is 47.9. The van der Waals surface area contributed by atoms with Gasteiger partial charge in [0.05, 0.1) is 12.2 Å². The van der Waals surface area contributed by atoms with Crippen molar-refractivity contribution in [1.29, 1.82) is 0 Å². The minimum absolute atomic E-state index is 0.583. The van der Waals surface area contributed by atoms with E-state index in [1.807, 2.05) is 4.90 Å². The minimum Gasteiger partial charge on any atom is -0.384 e. The molecule has 25 heavy (non-hydrogen) atoms. The van der Waals surface area contributed by atoms with Gasteiger partial charge < -0.3 is 14.5 Å². The van der Waals surface area contributed by atoms with Crippen LogP contribution in [0.25, 0.3) is 0 Å². The smallest absolute Gasteiger partial charge is 0.384 e. The highest BCUT2D eigenvalue weighted by Gasteiger charge is 2.31. The average molecular weight is 372 g/mol. The normalized spacial score (nSPS) is 15.7. The number of anilines is 2. The Morgan fingerprint density at radius 2 is 1.88 bits per heavy atom. The zero-order valence-electron chi connectivity index (χ0n) is 13.8. The van der Waals surface area contributed by atoms with Crippen molar-refractivity contribution < 1.29 is 17.9 Å². The second-order valence-corrected chi connectivity index (χ2v) is 6.49. The summed E-state index contributed by atoms with van der Waals surface area (Å²) in [4.78, 5) is 8.60. The number of methoxy groups -OCH3 is 1. The number of hydrogen-bond acceptors (Lipinski definition) is 6. The minimum atomic E-state index is -4.32.